The van der Waals surface area contributed by atoms with Gasteiger partial charge in [0.25, 0.3) is 0 Å². The Hall–Kier alpha value is -2.33. The van der Waals surface area contributed by atoms with Crippen molar-refractivity contribution in [3.8, 4) is 0 Å². The van der Waals surface area contributed by atoms with Crippen molar-refractivity contribution in [1.82, 2.24) is 19.1 Å². The monoisotopic (exact) mass is 498 g/mol. The molecule has 0 N–H and O–H groups in total. The number of hydrogen-bond donors (Lipinski definition) is 0. The molecule has 9 heteroatoms. The highest BCUT2D eigenvalue weighted by Gasteiger charge is 2.31. The Labute approximate surface area is 205 Å². The summed E-state index contributed by atoms with van der Waals surface area (Å²) in [5.41, 5.74) is 2.09. The van der Waals surface area contributed by atoms with Crippen molar-refractivity contribution < 1.29 is 13.2 Å². The van der Waals surface area contributed by atoms with Crippen molar-refractivity contribution in [2.75, 3.05) is 45.8 Å². The summed E-state index contributed by atoms with van der Waals surface area (Å²) in [6.07, 6.45) is 1.88. The zero-order valence-corrected chi connectivity index (χ0v) is 21.0. The van der Waals surface area contributed by atoms with Crippen LogP contribution in [-0.4, -0.2) is 79.2 Å². The fraction of sp³-hybridized carbons (Fsp3) is 0.440. The van der Waals surface area contributed by atoms with E-state index < -0.39 is 10.0 Å². The largest absolute Gasteiger partial charge is 0.342 e. The van der Waals surface area contributed by atoms with Crippen molar-refractivity contribution in [3.05, 3.63) is 59.1 Å². The summed E-state index contributed by atoms with van der Waals surface area (Å²) < 4.78 is 28.6. The number of thiazole rings is 1. The lowest BCUT2D eigenvalue weighted by Gasteiger charge is -2.36. The molecule has 1 amide bonds. The van der Waals surface area contributed by atoms with Crippen LogP contribution in [0.15, 0.2) is 53.4 Å². The van der Waals surface area contributed by atoms with Crippen LogP contribution in [0.25, 0.3) is 10.2 Å². The van der Waals surface area contributed by atoms with E-state index in [1.807, 2.05) is 36.1 Å². The van der Waals surface area contributed by atoms with Crippen molar-refractivity contribution in [2.45, 2.75) is 30.6 Å². The van der Waals surface area contributed by atoms with Gasteiger partial charge in [0, 0.05) is 45.2 Å². The van der Waals surface area contributed by atoms with Crippen molar-refractivity contribution >= 4 is 37.5 Å². The van der Waals surface area contributed by atoms with Crippen LogP contribution in [0.5, 0.6) is 0 Å². The number of carbonyl (C=O) groups excluding carboxylic acids is 1. The van der Waals surface area contributed by atoms with E-state index in [0.717, 1.165) is 37.0 Å². The van der Waals surface area contributed by atoms with Gasteiger partial charge in [0.2, 0.25) is 15.9 Å². The van der Waals surface area contributed by atoms with Gasteiger partial charge < -0.3 is 4.90 Å². The second-order valence-electron chi connectivity index (χ2n) is 9.17. The summed E-state index contributed by atoms with van der Waals surface area (Å²) in [6, 6.07) is 15.2. The SMILES string of the molecule is Cc1ccc(S(=O)(=O)N2CCN(CC(=O)N3CCC(c4nc5ccccc5s4)CC3)CC2)cc1. The molecule has 0 bridgehead atoms. The normalized spacial score (nSPS) is 19.0. The summed E-state index contributed by atoms with van der Waals surface area (Å²) in [5, 5.41) is 1.18. The van der Waals surface area contributed by atoms with E-state index in [0.29, 0.717) is 43.5 Å². The van der Waals surface area contributed by atoms with Crippen LogP contribution in [0, 0.1) is 6.92 Å². The Bertz CT molecular complexity index is 1220. The number of benzene rings is 2. The van der Waals surface area contributed by atoms with Gasteiger partial charge in [-0.3, -0.25) is 9.69 Å². The summed E-state index contributed by atoms with van der Waals surface area (Å²) in [4.78, 5) is 22.1. The van der Waals surface area contributed by atoms with Crippen molar-refractivity contribution in [3.63, 3.8) is 0 Å². The van der Waals surface area contributed by atoms with Gasteiger partial charge in [-0.05, 0) is 44.0 Å². The van der Waals surface area contributed by atoms with E-state index in [1.54, 1.807) is 23.5 Å². The molecule has 180 valence electrons. The molecule has 3 aromatic rings. The number of rotatable bonds is 5. The molecule has 0 unspecified atom stereocenters. The first-order valence-electron chi connectivity index (χ1n) is 11.8. The van der Waals surface area contributed by atoms with Gasteiger partial charge in [0.05, 0.1) is 26.7 Å². The highest BCUT2D eigenvalue weighted by molar-refractivity contribution is 7.89. The molecule has 34 heavy (non-hydrogen) atoms. The van der Waals surface area contributed by atoms with E-state index in [9.17, 15) is 13.2 Å². The molecule has 7 nitrogen and oxygen atoms in total. The molecule has 2 saturated heterocycles. The van der Waals surface area contributed by atoms with E-state index in [2.05, 4.69) is 17.0 Å². The zero-order valence-electron chi connectivity index (χ0n) is 19.4. The first-order valence-corrected chi connectivity index (χ1v) is 14.1. The average Bonchev–Trinajstić information content (AvgIpc) is 3.29. The summed E-state index contributed by atoms with van der Waals surface area (Å²) in [6.45, 7) is 5.74. The van der Waals surface area contributed by atoms with Crippen LogP contribution in [0.3, 0.4) is 0 Å². The maximum absolute atomic E-state index is 12.9. The molecule has 3 heterocycles. The molecule has 5 rings (SSSR count). The van der Waals surface area contributed by atoms with Gasteiger partial charge in [-0.2, -0.15) is 4.31 Å². The molecule has 2 aliphatic heterocycles. The summed E-state index contributed by atoms with van der Waals surface area (Å²) in [7, 11) is -3.49. The molecule has 1 aromatic heterocycles. The van der Waals surface area contributed by atoms with Crippen LogP contribution in [0.4, 0.5) is 0 Å². The molecule has 0 atom stereocenters. The summed E-state index contributed by atoms with van der Waals surface area (Å²) >= 11 is 1.77. The third-order valence-corrected chi connectivity index (χ3v) is 9.97. The Morgan fingerprint density at radius 2 is 1.65 bits per heavy atom. The molecular weight excluding hydrogens is 468 g/mol. The third-order valence-electron chi connectivity index (χ3n) is 6.86. The van der Waals surface area contributed by atoms with Crippen LogP contribution in [-0.2, 0) is 14.8 Å². The number of nitrogens with zero attached hydrogens (tertiary/aromatic N) is 4. The molecule has 0 aliphatic carbocycles. The van der Waals surface area contributed by atoms with Gasteiger partial charge in [0.15, 0.2) is 0 Å². The van der Waals surface area contributed by atoms with Crippen molar-refractivity contribution in [2.24, 2.45) is 0 Å². The van der Waals surface area contributed by atoms with Gasteiger partial charge in [0.1, 0.15) is 0 Å². The van der Waals surface area contributed by atoms with E-state index in [1.165, 1.54) is 14.0 Å². The van der Waals surface area contributed by atoms with Gasteiger partial charge in [-0.25, -0.2) is 13.4 Å². The number of hydrogen-bond acceptors (Lipinski definition) is 6. The molecular formula is C25H30N4O3S2. The number of aryl methyl sites for hydroxylation is 1. The second-order valence-corrected chi connectivity index (χ2v) is 12.2. The molecule has 2 aromatic carbocycles. The third kappa shape index (κ3) is 4.88. The quantitative estimate of drug-likeness (QED) is 0.540. The van der Waals surface area contributed by atoms with Crippen LogP contribution < -0.4 is 0 Å². The van der Waals surface area contributed by atoms with E-state index >= 15 is 0 Å². The van der Waals surface area contributed by atoms with Crippen molar-refractivity contribution in [1.29, 1.82) is 0 Å². The van der Waals surface area contributed by atoms with Crippen LogP contribution in [0.2, 0.25) is 0 Å². The predicted octanol–water partition coefficient (Wildman–Crippen LogP) is 3.32. The molecule has 2 fully saturated rings. The standard InChI is InChI=1S/C25H30N4O3S2/c1-19-6-8-21(9-7-19)34(31,32)29-16-14-27(15-17-29)18-24(30)28-12-10-20(11-13-28)25-26-22-4-2-3-5-23(22)33-25/h2-9,20H,10-18H2,1H3. The minimum Gasteiger partial charge on any atom is -0.342 e. The maximum atomic E-state index is 12.9. The smallest absolute Gasteiger partial charge is 0.243 e. The number of fused-ring (bicyclic) bond motifs is 1. The number of likely N-dealkylation sites (tertiary alicyclic amines) is 1. The van der Waals surface area contributed by atoms with Gasteiger partial charge in [-0.1, -0.05) is 29.8 Å². The number of para-hydroxylation sites is 1. The van der Waals surface area contributed by atoms with Gasteiger partial charge >= 0.3 is 0 Å². The average molecular weight is 499 g/mol. The molecule has 0 spiro atoms. The lowest BCUT2D eigenvalue weighted by molar-refractivity contribution is -0.133. The topological polar surface area (TPSA) is 73.8 Å². The van der Waals surface area contributed by atoms with E-state index in [4.69, 9.17) is 4.98 Å². The fourth-order valence-electron chi connectivity index (χ4n) is 4.72. The number of carbonyl (C=O) groups is 1. The lowest BCUT2D eigenvalue weighted by Crippen LogP contribution is -2.52. The van der Waals surface area contributed by atoms with Crippen LogP contribution >= 0.6 is 11.3 Å². The lowest BCUT2D eigenvalue weighted by atomic mass is 9.97. The molecule has 0 radical (unpaired) electrons. The fourth-order valence-corrected chi connectivity index (χ4v) is 7.28. The molecule has 0 saturated carbocycles. The highest BCUT2D eigenvalue weighted by Crippen LogP contribution is 2.33. The minimum atomic E-state index is -3.49. The first-order chi connectivity index (χ1) is 16.4. The highest BCUT2D eigenvalue weighted by atomic mass is 32.2. The second kappa shape index (κ2) is 9.73. The Morgan fingerprint density at radius 3 is 2.32 bits per heavy atom. The summed E-state index contributed by atoms with van der Waals surface area (Å²) in [5.74, 6) is 0.551. The number of amides is 1. The minimum absolute atomic E-state index is 0.137. The zero-order chi connectivity index (χ0) is 23.7. The number of piperidine rings is 1. The number of sulfonamides is 1. The maximum Gasteiger partial charge on any atom is 0.243 e. The Balaban J connectivity index is 1.11. The molecule has 2 aliphatic rings. The number of piperazine rings is 1. The predicted molar refractivity (Wildman–Crippen MR) is 135 cm³/mol. The van der Waals surface area contributed by atoms with Gasteiger partial charge in [-0.15, -0.1) is 11.3 Å². The Kier molecular flexibility index (Phi) is 6.70. The first kappa shape index (κ1) is 23.4. The number of aromatic nitrogens is 1. The van der Waals surface area contributed by atoms with Crippen LogP contribution in [0.1, 0.15) is 29.3 Å². The van der Waals surface area contributed by atoms with E-state index in [-0.39, 0.29) is 5.91 Å². The Morgan fingerprint density at radius 1 is 0.971 bits per heavy atom.